The van der Waals surface area contributed by atoms with Crippen molar-refractivity contribution in [3.05, 3.63) is 35.4 Å². The Kier molecular flexibility index (Phi) is 5.21. The van der Waals surface area contributed by atoms with Crippen LogP contribution in [0.1, 0.15) is 43.4 Å². The predicted octanol–water partition coefficient (Wildman–Crippen LogP) is 3.33. The molecular formula is C16H25NO. The van der Waals surface area contributed by atoms with Gasteiger partial charge >= 0.3 is 0 Å². The number of benzene rings is 1. The Balaban J connectivity index is 2.12. The van der Waals surface area contributed by atoms with E-state index in [2.05, 4.69) is 43.6 Å². The van der Waals surface area contributed by atoms with Crippen LogP contribution < -0.4 is 5.32 Å². The normalized spacial score (nSPS) is 21.8. The summed E-state index contributed by atoms with van der Waals surface area (Å²) in [6, 6.07) is 9.46. The highest BCUT2D eigenvalue weighted by Gasteiger charge is 2.24. The van der Waals surface area contributed by atoms with Gasteiger partial charge in [0.25, 0.3) is 0 Å². The van der Waals surface area contributed by atoms with Gasteiger partial charge in [-0.05, 0) is 37.4 Å². The zero-order chi connectivity index (χ0) is 12.8. The second kappa shape index (κ2) is 6.91. The lowest BCUT2D eigenvalue weighted by molar-refractivity contribution is 0.0402. The molecule has 0 spiro atoms. The fraction of sp³-hybridized carbons (Fsp3) is 0.625. The molecule has 1 aliphatic rings. The maximum Gasteiger partial charge on any atom is 0.0512 e. The van der Waals surface area contributed by atoms with Crippen molar-refractivity contribution in [3.63, 3.8) is 0 Å². The minimum absolute atomic E-state index is 0.433. The summed E-state index contributed by atoms with van der Waals surface area (Å²) in [6.45, 7) is 4.06. The zero-order valence-electron chi connectivity index (χ0n) is 11.6. The molecule has 1 heterocycles. The summed E-state index contributed by atoms with van der Waals surface area (Å²) in [5.74, 6) is 0.612. The van der Waals surface area contributed by atoms with Crippen molar-refractivity contribution in [1.82, 2.24) is 5.32 Å². The van der Waals surface area contributed by atoms with Crippen LogP contribution in [0, 0.1) is 5.92 Å². The molecule has 0 bridgehead atoms. The van der Waals surface area contributed by atoms with Gasteiger partial charge in [0, 0.05) is 18.6 Å². The van der Waals surface area contributed by atoms with E-state index in [0.29, 0.717) is 12.0 Å². The molecule has 2 heteroatoms. The molecular weight excluding hydrogens is 222 g/mol. The number of rotatable bonds is 5. The third-order valence-corrected chi connectivity index (χ3v) is 3.83. The van der Waals surface area contributed by atoms with Crippen LogP contribution in [-0.4, -0.2) is 20.3 Å². The molecule has 0 radical (unpaired) electrons. The highest BCUT2D eigenvalue weighted by Crippen LogP contribution is 2.29. The maximum absolute atomic E-state index is 5.62. The first-order valence-electron chi connectivity index (χ1n) is 7.19. The van der Waals surface area contributed by atoms with Crippen LogP contribution >= 0.6 is 0 Å². The Labute approximate surface area is 111 Å². The molecule has 1 saturated heterocycles. The first kappa shape index (κ1) is 13.6. The molecule has 0 saturated carbocycles. The second-order valence-corrected chi connectivity index (χ2v) is 5.24. The third-order valence-electron chi connectivity index (χ3n) is 3.83. The first-order chi connectivity index (χ1) is 8.85. The third kappa shape index (κ3) is 3.33. The average molecular weight is 247 g/mol. The van der Waals surface area contributed by atoms with Crippen LogP contribution in [0.5, 0.6) is 0 Å². The Bertz CT molecular complexity index is 358. The van der Waals surface area contributed by atoms with Crippen molar-refractivity contribution in [2.24, 2.45) is 5.92 Å². The standard InChI is InChI=1S/C16H25NO/c1-3-6-13-7-4-8-14(11-13)16(17-2)15-9-5-10-18-12-15/h4,7-8,11,15-17H,3,5-6,9-10,12H2,1-2H3. The molecule has 1 aromatic carbocycles. The Hall–Kier alpha value is -0.860. The fourth-order valence-electron chi connectivity index (χ4n) is 2.93. The topological polar surface area (TPSA) is 21.3 Å². The smallest absolute Gasteiger partial charge is 0.0512 e. The van der Waals surface area contributed by atoms with E-state index in [4.69, 9.17) is 4.74 Å². The highest BCUT2D eigenvalue weighted by molar-refractivity contribution is 5.26. The number of hydrogen-bond acceptors (Lipinski definition) is 2. The number of nitrogens with one attached hydrogen (secondary N) is 1. The fourth-order valence-corrected chi connectivity index (χ4v) is 2.93. The van der Waals surface area contributed by atoms with Crippen molar-refractivity contribution in [2.45, 2.75) is 38.6 Å². The summed E-state index contributed by atoms with van der Waals surface area (Å²) in [7, 11) is 2.06. The van der Waals surface area contributed by atoms with Gasteiger partial charge in [0.15, 0.2) is 0 Å². The van der Waals surface area contributed by atoms with E-state index in [1.54, 1.807) is 0 Å². The van der Waals surface area contributed by atoms with Gasteiger partial charge in [-0.1, -0.05) is 37.6 Å². The second-order valence-electron chi connectivity index (χ2n) is 5.24. The van der Waals surface area contributed by atoms with Crippen molar-refractivity contribution in [1.29, 1.82) is 0 Å². The predicted molar refractivity (Wildman–Crippen MR) is 75.8 cm³/mol. The van der Waals surface area contributed by atoms with E-state index in [1.807, 2.05) is 0 Å². The molecule has 2 nitrogen and oxygen atoms in total. The summed E-state index contributed by atoms with van der Waals surface area (Å²) >= 11 is 0. The minimum Gasteiger partial charge on any atom is -0.381 e. The lowest BCUT2D eigenvalue weighted by atomic mass is 9.88. The van der Waals surface area contributed by atoms with Crippen molar-refractivity contribution >= 4 is 0 Å². The van der Waals surface area contributed by atoms with Gasteiger partial charge in [0.05, 0.1) is 6.61 Å². The van der Waals surface area contributed by atoms with Gasteiger partial charge in [0.1, 0.15) is 0 Å². The number of ether oxygens (including phenoxy) is 1. The van der Waals surface area contributed by atoms with Crippen molar-refractivity contribution in [3.8, 4) is 0 Å². The molecule has 18 heavy (non-hydrogen) atoms. The molecule has 100 valence electrons. The quantitative estimate of drug-likeness (QED) is 0.861. The highest BCUT2D eigenvalue weighted by atomic mass is 16.5. The van der Waals surface area contributed by atoms with Crippen LogP contribution in [-0.2, 0) is 11.2 Å². The Morgan fingerprint density at radius 1 is 1.44 bits per heavy atom. The van der Waals surface area contributed by atoms with Crippen LogP contribution in [0.2, 0.25) is 0 Å². The van der Waals surface area contributed by atoms with Gasteiger partial charge in [-0.3, -0.25) is 0 Å². The lowest BCUT2D eigenvalue weighted by Gasteiger charge is -2.30. The molecule has 1 aliphatic heterocycles. The van der Waals surface area contributed by atoms with Crippen LogP contribution in [0.4, 0.5) is 0 Å². The van der Waals surface area contributed by atoms with Crippen molar-refractivity contribution < 1.29 is 4.74 Å². The molecule has 2 rings (SSSR count). The van der Waals surface area contributed by atoms with Gasteiger partial charge in [0.2, 0.25) is 0 Å². The van der Waals surface area contributed by atoms with Gasteiger partial charge in [-0.2, -0.15) is 0 Å². The SMILES string of the molecule is CCCc1cccc(C(NC)C2CCCOC2)c1. The monoisotopic (exact) mass is 247 g/mol. The molecule has 0 aliphatic carbocycles. The van der Waals surface area contributed by atoms with E-state index in [0.717, 1.165) is 13.2 Å². The average Bonchev–Trinajstić information content (AvgIpc) is 2.42. The van der Waals surface area contributed by atoms with Gasteiger partial charge in [-0.15, -0.1) is 0 Å². The summed E-state index contributed by atoms with van der Waals surface area (Å²) < 4.78 is 5.62. The summed E-state index contributed by atoms with van der Waals surface area (Å²) in [6.07, 6.45) is 4.84. The number of hydrogen-bond donors (Lipinski definition) is 1. The van der Waals surface area contributed by atoms with E-state index >= 15 is 0 Å². The molecule has 1 fully saturated rings. The van der Waals surface area contributed by atoms with Crippen molar-refractivity contribution in [2.75, 3.05) is 20.3 Å². The van der Waals surface area contributed by atoms with Crippen LogP contribution in [0.15, 0.2) is 24.3 Å². The molecule has 1 aromatic rings. The largest absolute Gasteiger partial charge is 0.381 e. The van der Waals surface area contributed by atoms with E-state index in [-0.39, 0.29) is 0 Å². The summed E-state index contributed by atoms with van der Waals surface area (Å²) in [5.41, 5.74) is 2.87. The van der Waals surface area contributed by atoms with E-state index < -0.39 is 0 Å². The molecule has 2 atom stereocenters. The molecule has 0 amide bonds. The molecule has 2 unspecified atom stereocenters. The van der Waals surface area contributed by atoms with Gasteiger partial charge in [-0.25, -0.2) is 0 Å². The molecule has 1 N–H and O–H groups in total. The molecule has 0 aromatic heterocycles. The summed E-state index contributed by atoms with van der Waals surface area (Å²) in [4.78, 5) is 0. The zero-order valence-corrected chi connectivity index (χ0v) is 11.6. The maximum atomic E-state index is 5.62. The van der Waals surface area contributed by atoms with E-state index in [9.17, 15) is 0 Å². The first-order valence-corrected chi connectivity index (χ1v) is 7.19. The lowest BCUT2D eigenvalue weighted by Crippen LogP contribution is -2.31. The minimum atomic E-state index is 0.433. The number of aryl methyl sites for hydroxylation is 1. The van der Waals surface area contributed by atoms with Gasteiger partial charge < -0.3 is 10.1 Å². The Morgan fingerprint density at radius 2 is 2.33 bits per heavy atom. The van der Waals surface area contributed by atoms with Crippen LogP contribution in [0.25, 0.3) is 0 Å². The summed E-state index contributed by atoms with van der Waals surface area (Å²) in [5, 5.41) is 3.48. The Morgan fingerprint density at radius 3 is 3.00 bits per heavy atom. The van der Waals surface area contributed by atoms with E-state index in [1.165, 1.54) is 36.8 Å². The van der Waals surface area contributed by atoms with Crippen LogP contribution in [0.3, 0.4) is 0 Å².